The highest BCUT2D eigenvalue weighted by molar-refractivity contribution is 7.98. The molecule has 1 unspecified atom stereocenters. The SMILES string of the molecule is CSCC(C)Nc1c(Cl)cc(N)cc1C(=O)O. The molecule has 0 fully saturated rings. The lowest BCUT2D eigenvalue weighted by molar-refractivity contribution is 0.0698. The van der Waals surface area contributed by atoms with Crippen molar-refractivity contribution in [2.75, 3.05) is 23.1 Å². The number of hydrogen-bond donors (Lipinski definition) is 3. The minimum Gasteiger partial charge on any atom is -0.478 e. The van der Waals surface area contributed by atoms with Gasteiger partial charge in [-0.05, 0) is 25.3 Å². The normalized spacial score (nSPS) is 12.2. The molecule has 4 N–H and O–H groups in total. The number of carboxylic acids is 1. The molecule has 94 valence electrons. The second-order valence-electron chi connectivity index (χ2n) is 3.73. The fourth-order valence-electron chi connectivity index (χ4n) is 1.48. The van der Waals surface area contributed by atoms with Gasteiger partial charge in [-0.15, -0.1) is 0 Å². The van der Waals surface area contributed by atoms with Crippen molar-refractivity contribution in [1.29, 1.82) is 0 Å². The van der Waals surface area contributed by atoms with Crippen LogP contribution < -0.4 is 11.1 Å². The first-order valence-electron chi connectivity index (χ1n) is 5.03. The van der Waals surface area contributed by atoms with Gasteiger partial charge < -0.3 is 16.2 Å². The van der Waals surface area contributed by atoms with E-state index in [1.54, 1.807) is 17.8 Å². The summed E-state index contributed by atoms with van der Waals surface area (Å²) < 4.78 is 0. The molecule has 0 aliphatic heterocycles. The summed E-state index contributed by atoms with van der Waals surface area (Å²) in [5.74, 6) is -0.183. The van der Waals surface area contributed by atoms with E-state index in [-0.39, 0.29) is 11.6 Å². The number of halogens is 1. The van der Waals surface area contributed by atoms with Gasteiger partial charge in [0.25, 0.3) is 0 Å². The van der Waals surface area contributed by atoms with E-state index in [4.69, 9.17) is 22.4 Å². The monoisotopic (exact) mass is 274 g/mol. The topological polar surface area (TPSA) is 75.3 Å². The van der Waals surface area contributed by atoms with Crippen molar-refractivity contribution in [1.82, 2.24) is 0 Å². The van der Waals surface area contributed by atoms with Crippen LogP contribution in [0.25, 0.3) is 0 Å². The van der Waals surface area contributed by atoms with Gasteiger partial charge in [-0.1, -0.05) is 11.6 Å². The minimum absolute atomic E-state index is 0.1000. The van der Waals surface area contributed by atoms with Crippen molar-refractivity contribution in [2.45, 2.75) is 13.0 Å². The molecule has 0 bridgehead atoms. The third kappa shape index (κ3) is 3.71. The molecule has 1 aromatic rings. The number of aromatic carboxylic acids is 1. The molecule has 6 heteroatoms. The van der Waals surface area contributed by atoms with Crippen molar-refractivity contribution in [2.24, 2.45) is 0 Å². The number of benzene rings is 1. The second-order valence-corrected chi connectivity index (χ2v) is 5.05. The standard InChI is InChI=1S/C11H15ClN2O2S/c1-6(5-17-2)14-10-8(11(15)16)3-7(13)4-9(10)12/h3-4,6,14H,5,13H2,1-2H3,(H,15,16). The lowest BCUT2D eigenvalue weighted by atomic mass is 10.1. The molecule has 1 aromatic carbocycles. The summed E-state index contributed by atoms with van der Waals surface area (Å²) in [6.45, 7) is 1.97. The summed E-state index contributed by atoms with van der Waals surface area (Å²) >= 11 is 7.68. The van der Waals surface area contributed by atoms with Crippen LogP contribution >= 0.6 is 23.4 Å². The fourth-order valence-corrected chi connectivity index (χ4v) is 2.35. The Morgan fingerprint density at radius 2 is 2.29 bits per heavy atom. The lowest BCUT2D eigenvalue weighted by Crippen LogP contribution is -2.20. The summed E-state index contributed by atoms with van der Waals surface area (Å²) in [6.07, 6.45) is 1.99. The second kappa shape index (κ2) is 6.02. The van der Waals surface area contributed by atoms with E-state index in [0.29, 0.717) is 16.4 Å². The van der Waals surface area contributed by atoms with Gasteiger partial charge in [-0.3, -0.25) is 0 Å². The number of nitrogen functional groups attached to an aromatic ring is 1. The molecule has 4 nitrogen and oxygen atoms in total. The van der Waals surface area contributed by atoms with Crippen LogP contribution in [0.4, 0.5) is 11.4 Å². The van der Waals surface area contributed by atoms with E-state index >= 15 is 0 Å². The molecule has 0 heterocycles. The number of anilines is 2. The maximum atomic E-state index is 11.1. The summed E-state index contributed by atoms with van der Waals surface area (Å²) in [6, 6.07) is 3.08. The minimum atomic E-state index is -1.04. The summed E-state index contributed by atoms with van der Waals surface area (Å²) in [7, 11) is 0. The van der Waals surface area contributed by atoms with Crippen LogP contribution in [0.5, 0.6) is 0 Å². The lowest BCUT2D eigenvalue weighted by Gasteiger charge is -2.17. The maximum absolute atomic E-state index is 11.1. The van der Waals surface area contributed by atoms with Crippen LogP contribution in [0.3, 0.4) is 0 Å². The largest absolute Gasteiger partial charge is 0.478 e. The molecule has 0 saturated carbocycles. The van der Waals surface area contributed by atoms with Gasteiger partial charge in [0, 0.05) is 17.5 Å². The van der Waals surface area contributed by atoms with E-state index in [2.05, 4.69) is 5.32 Å². The Balaban J connectivity index is 3.08. The van der Waals surface area contributed by atoms with Crippen molar-refractivity contribution >= 4 is 40.7 Å². The fraction of sp³-hybridized carbons (Fsp3) is 0.364. The van der Waals surface area contributed by atoms with Gasteiger partial charge in [0.2, 0.25) is 0 Å². The van der Waals surface area contributed by atoms with Crippen molar-refractivity contribution in [3.8, 4) is 0 Å². The highest BCUT2D eigenvalue weighted by Gasteiger charge is 2.16. The summed E-state index contributed by atoms with van der Waals surface area (Å²) in [5, 5.41) is 12.5. The van der Waals surface area contributed by atoms with E-state index < -0.39 is 5.97 Å². The zero-order valence-corrected chi connectivity index (χ0v) is 11.2. The van der Waals surface area contributed by atoms with E-state index in [9.17, 15) is 4.79 Å². The molecular weight excluding hydrogens is 260 g/mol. The number of rotatable bonds is 5. The molecule has 1 rings (SSSR count). The Bertz CT molecular complexity index is 426. The van der Waals surface area contributed by atoms with Gasteiger partial charge in [-0.2, -0.15) is 11.8 Å². The predicted octanol–water partition coefficient (Wildman–Crippen LogP) is 2.78. The Hall–Kier alpha value is -1.07. The molecule has 0 amide bonds. The highest BCUT2D eigenvalue weighted by Crippen LogP contribution is 2.30. The average Bonchev–Trinajstić information content (AvgIpc) is 2.21. The number of nitrogens with one attached hydrogen (secondary N) is 1. The first-order valence-corrected chi connectivity index (χ1v) is 6.80. The third-order valence-corrected chi connectivity index (χ3v) is 3.28. The van der Waals surface area contributed by atoms with Crippen LogP contribution in [0.2, 0.25) is 5.02 Å². The quantitative estimate of drug-likeness (QED) is 0.720. The number of thioether (sulfide) groups is 1. The van der Waals surface area contributed by atoms with Crippen molar-refractivity contribution < 1.29 is 9.90 Å². The number of nitrogens with two attached hydrogens (primary N) is 1. The van der Waals surface area contributed by atoms with Gasteiger partial charge in [0.05, 0.1) is 16.3 Å². The zero-order chi connectivity index (χ0) is 13.0. The zero-order valence-electron chi connectivity index (χ0n) is 9.66. The van der Waals surface area contributed by atoms with Gasteiger partial charge in [0.1, 0.15) is 0 Å². The predicted molar refractivity (Wildman–Crippen MR) is 74.3 cm³/mol. The molecule has 0 saturated heterocycles. The van der Waals surface area contributed by atoms with Crippen LogP contribution in [0, 0.1) is 0 Å². The highest BCUT2D eigenvalue weighted by atomic mass is 35.5. The van der Waals surface area contributed by atoms with Gasteiger partial charge >= 0.3 is 5.97 Å². The van der Waals surface area contributed by atoms with Crippen LogP contribution in [0.15, 0.2) is 12.1 Å². The van der Waals surface area contributed by atoms with Gasteiger partial charge in [0.15, 0.2) is 0 Å². The van der Waals surface area contributed by atoms with Crippen molar-refractivity contribution in [3.05, 3.63) is 22.7 Å². The number of carbonyl (C=O) groups is 1. The Kier molecular flexibility index (Phi) is 4.96. The van der Waals surface area contributed by atoms with E-state index in [1.807, 2.05) is 13.2 Å². The number of carboxylic acid groups (broad SMARTS) is 1. The summed E-state index contributed by atoms with van der Waals surface area (Å²) in [5.41, 5.74) is 6.44. The van der Waals surface area contributed by atoms with Crippen LogP contribution in [0.1, 0.15) is 17.3 Å². The van der Waals surface area contributed by atoms with Crippen LogP contribution in [-0.4, -0.2) is 29.1 Å². The first-order chi connectivity index (χ1) is 7.95. The molecule has 0 aromatic heterocycles. The van der Waals surface area contributed by atoms with Crippen molar-refractivity contribution in [3.63, 3.8) is 0 Å². The maximum Gasteiger partial charge on any atom is 0.337 e. The smallest absolute Gasteiger partial charge is 0.337 e. The van der Waals surface area contributed by atoms with Crippen LogP contribution in [-0.2, 0) is 0 Å². The van der Waals surface area contributed by atoms with Gasteiger partial charge in [-0.25, -0.2) is 4.79 Å². The Morgan fingerprint density at radius 3 is 2.82 bits per heavy atom. The first kappa shape index (κ1) is 14.0. The molecule has 0 aliphatic rings. The third-order valence-electron chi connectivity index (χ3n) is 2.15. The molecule has 17 heavy (non-hydrogen) atoms. The average molecular weight is 275 g/mol. The molecule has 0 radical (unpaired) electrons. The number of hydrogen-bond acceptors (Lipinski definition) is 4. The Labute approximate surface area is 110 Å². The molecule has 1 atom stereocenters. The molecule has 0 aliphatic carbocycles. The summed E-state index contributed by atoms with van der Waals surface area (Å²) in [4.78, 5) is 11.1. The molecule has 0 spiro atoms. The molecular formula is C11H15ClN2O2S. The van der Waals surface area contributed by atoms with E-state index in [0.717, 1.165) is 5.75 Å². The van der Waals surface area contributed by atoms with E-state index in [1.165, 1.54) is 6.07 Å². The Morgan fingerprint density at radius 1 is 1.65 bits per heavy atom.